The molecule has 0 aliphatic carbocycles. The van der Waals surface area contributed by atoms with Crippen LogP contribution in [0, 0.1) is 0 Å². The molecule has 1 atom stereocenters. The standard InChI is InChI=1S/C12H16ClNO3/c1-4-12(16-3,17-11(15)14-2)9-7-5-6-8-10(9)13/h5-8H,4H2,1-3H3,(H,14,15)/t12-/m1/s1. The van der Waals surface area contributed by atoms with Gasteiger partial charge in [-0.2, -0.15) is 0 Å². The van der Waals surface area contributed by atoms with Gasteiger partial charge in [-0.3, -0.25) is 0 Å². The van der Waals surface area contributed by atoms with Crippen molar-refractivity contribution < 1.29 is 14.3 Å². The first-order chi connectivity index (χ1) is 8.09. The highest BCUT2D eigenvalue weighted by Gasteiger charge is 2.36. The lowest BCUT2D eigenvalue weighted by atomic mass is 10.0. The Morgan fingerprint density at radius 2 is 2.12 bits per heavy atom. The zero-order chi connectivity index (χ0) is 12.9. The van der Waals surface area contributed by atoms with Crippen LogP contribution in [0.1, 0.15) is 18.9 Å². The van der Waals surface area contributed by atoms with Crippen LogP contribution in [0.15, 0.2) is 24.3 Å². The fourth-order valence-electron chi connectivity index (χ4n) is 1.58. The van der Waals surface area contributed by atoms with Crippen molar-refractivity contribution in [3.8, 4) is 0 Å². The predicted molar refractivity (Wildman–Crippen MR) is 66.0 cm³/mol. The van der Waals surface area contributed by atoms with Crippen molar-refractivity contribution >= 4 is 17.7 Å². The summed E-state index contributed by atoms with van der Waals surface area (Å²) in [5, 5.41) is 2.89. The number of hydrogen-bond acceptors (Lipinski definition) is 3. The third kappa shape index (κ3) is 2.90. The molecular formula is C12H16ClNO3. The number of rotatable bonds is 4. The molecule has 4 nitrogen and oxygen atoms in total. The van der Waals surface area contributed by atoms with Gasteiger partial charge in [-0.05, 0) is 6.07 Å². The van der Waals surface area contributed by atoms with Gasteiger partial charge in [-0.25, -0.2) is 4.79 Å². The summed E-state index contributed by atoms with van der Waals surface area (Å²) in [6.07, 6.45) is -0.102. The number of methoxy groups -OCH3 is 1. The van der Waals surface area contributed by atoms with Gasteiger partial charge in [0.25, 0.3) is 0 Å². The van der Waals surface area contributed by atoms with E-state index in [4.69, 9.17) is 21.1 Å². The zero-order valence-corrected chi connectivity index (χ0v) is 10.9. The van der Waals surface area contributed by atoms with Gasteiger partial charge in [0.05, 0.1) is 5.02 Å². The number of carbonyl (C=O) groups excluding carboxylic acids is 1. The number of halogens is 1. The second-order valence-electron chi connectivity index (χ2n) is 3.43. The molecule has 0 spiro atoms. The number of benzene rings is 1. The maximum Gasteiger partial charge on any atom is 0.409 e. The van der Waals surface area contributed by atoms with Gasteiger partial charge in [0.15, 0.2) is 0 Å². The first-order valence-corrected chi connectivity index (χ1v) is 5.68. The van der Waals surface area contributed by atoms with E-state index in [1.165, 1.54) is 14.2 Å². The molecule has 0 saturated heterocycles. The lowest BCUT2D eigenvalue weighted by Gasteiger charge is -2.31. The van der Waals surface area contributed by atoms with Crippen LogP contribution in [0.5, 0.6) is 0 Å². The van der Waals surface area contributed by atoms with Crippen LogP contribution in [0.3, 0.4) is 0 Å². The van der Waals surface area contributed by atoms with Gasteiger partial charge in [-0.1, -0.05) is 36.7 Å². The van der Waals surface area contributed by atoms with E-state index in [0.717, 1.165) is 0 Å². The average molecular weight is 258 g/mol. The van der Waals surface area contributed by atoms with Gasteiger partial charge < -0.3 is 14.8 Å². The molecule has 1 aromatic carbocycles. The quantitative estimate of drug-likeness (QED) is 0.844. The molecule has 1 amide bonds. The second-order valence-corrected chi connectivity index (χ2v) is 3.84. The van der Waals surface area contributed by atoms with E-state index in [2.05, 4.69) is 5.32 Å². The SMILES string of the molecule is CC[C@@](OC)(OC(=O)NC)c1ccccc1Cl. The summed E-state index contributed by atoms with van der Waals surface area (Å²) in [4.78, 5) is 11.4. The summed E-state index contributed by atoms with van der Waals surface area (Å²) in [5.74, 6) is -1.15. The van der Waals surface area contributed by atoms with Gasteiger partial charge >= 0.3 is 6.09 Å². The highest BCUT2D eigenvalue weighted by atomic mass is 35.5. The summed E-state index contributed by atoms with van der Waals surface area (Å²) < 4.78 is 10.7. The van der Waals surface area contributed by atoms with Crippen LogP contribution >= 0.6 is 11.6 Å². The minimum atomic E-state index is -1.15. The number of hydrogen-bond donors (Lipinski definition) is 1. The summed E-state index contributed by atoms with van der Waals surface area (Å²) in [6, 6.07) is 7.13. The van der Waals surface area contributed by atoms with Crippen molar-refractivity contribution in [3.05, 3.63) is 34.9 Å². The third-order valence-electron chi connectivity index (χ3n) is 2.54. The average Bonchev–Trinajstić information content (AvgIpc) is 2.36. The number of carbonyl (C=O) groups is 1. The largest absolute Gasteiger partial charge is 0.412 e. The molecule has 1 aromatic rings. The first kappa shape index (κ1) is 13.8. The zero-order valence-electron chi connectivity index (χ0n) is 10.1. The fraction of sp³-hybridized carbons (Fsp3) is 0.417. The molecule has 17 heavy (non-hydrogen) atoms. The molecule has 0 fully saturated rings. The molecule has 1 rings (SSSR count). The van der Waals surface area contributed by atoms with Crippen LogP contribution in [-0.4, -0.2) is 20.3 Å². The molecule has 0 aromatic heterocycles. The van der Waals surface area contributed by atoms with Gasteiger partial charge in [0.2, 0.25) is 5.79 Å². The van der Waals surface area contributed by atoms with E-state index in [0.29, 0.717) is 17.0 Å². The van der Waals surface area contributed by atoms with Crippen LogP contribution < -0.4 is 5.32 Å². The topological polar surface area (TPSA) is 47.6 Å². The molecule has 0 unspecified atom stereocenters. The Morgan fingerprint density at radius 1 is 1.47 bits per heavy atom. The summed E-state index contributed by atoms with van der Waals surface area (Å²) in [5.41, 5.74) is 0.635. The van der Waals surface area contributed by atoms with Crippen molar-refractivity contribution in [1.29, 1.82) is 0 Å². The third-order valence-corrected chi connectivity index (χ3v) is 2.87. The molecule has 94 valence electrons. The van der Waals surface area contributed by atoms with Crippen LogP contribution in [0.4, 0.5) is 4.79 Å². The van der Waals surface area contributed by atoms with Crippen LogP contribution in [0.2, 0.25) is 5.02 Å². The van der Waals surface area contributed by atoms with Crippen molar-refractivity contribution in [2.45, 2.75) is 19.1 Å². The minimum Gasteiger partial charge on any atom is -0.412 e. The van der Waals surface area contributed by atoms with E-state index >= 15 is 0 Å². The first-order valence-electron chi connectivity index (χ1n) is 5.30. The van der Waals surface area contributed by atoms with Gasteiger partial charge in [0, 0.05) is 26.1 Å². The molecule has 5 heteroatoms. The van der Waals surface area contributed by atoms with Crippen molar-refractivity contribution in [1.82, 2.24) is 5.32 Å². The monoisotopic (exact) mass is 257 g/mol. The van der Waals surface area contributed by atoms with Gasteiger partial charge in [-0.15, -0.1) is 0 Å². The molecule has 0 aliphatic heterocycles. The molecule has 0 bridgehead atoms. The smallest absolute Gasteiger partial charge is 0.409 e. The Labute approximate surface area is 106 Å². The maximum atomic E-state index is 11.4. The molecule has 0 radical (unpaired) electrons. The predicted octanol–water partition coefficient (Wildman–Crippen LogP) is 2.91. The van der Waals surface area contributed by atoms with Crippen molar-refractivity contribution in [2.24, 2.45) is 0 Å². The van der Waals surface area contributed by atoms with E-state index in [9.17, 15) is 4.79 Å². The van der Waals surface area contributed by atoms with Crippen molar-refractivity contribution in [2.75, 3.05) is 14.2 Å². The molecule has 0 saturated carbocycles. The highest BCUT2D eigenvalue weighted by Crippen LogP contribution is 2.35. The summed E-state index contributed by atoms with van der Waals surface area (Å²) >= 11 is 6.10. The molecular weight excluding hydrogens is 242 g/mol. The summed E-state index contributed by atoms with van der Waals surface area (Å²) in [7, 11) is 2.97. The van der Waals surface area contributed by atoms with E-state index in [1.807, 2.05) is 19.1 Å². The van der Waals surface area contributed by atoms with E-state index in [-0.39, 0.29) is 0 Å². The highest BCUT2D eigenvalue weighted by molar-refractivity contribution is 6.31. The summed E-state index contributed by atoms with van der Waals surface area (Å²) in [6.45, 7) is 1.86. The van der Waals surface area contributed by atoms with Crippen LogP contribution in [-0.2, 0) is 15.3 Å². The molecule has 1 N–H and O–H groups in total. The Balaban J connectivity index is 3.15. The van der Waals surface area contributed by atoms with Gasteiger partial charge in [0.1, 0.15) is 0 Å². The number of alkyl carbamates (subject to hydrolysis) is 1. The number of nitrogens with one attached hydrogen (secondary N) is 1. The number of ether oxygens (including phenoxy) is 2. The van der Waals surface area contributed by atoms with E-state index in [1.54, 1.807) is 12.1 Å². The Bertz CT molecular complexity index is 391. The van der Waals surface area contributed by atoms with Crippen LogP contribution in [0.25, 0.3) is 0 Å². The number of amides is 1. The lowest BCUT2D eigenvalue weighted by Crippen LogP contribution is -2.37. The Kier molecular flexibility index (Phi) is 4.78. The molecule has 0 aliphatic rings. The lowest BCUT2D eigenvalue weighted by molar-refractivity contribution is -0.195. The minimum absolute atomic E-state index is 0.459. The molecule has 0 heterocycles. The second kappa shape index (κ2) is 5.89. The Hall–Kier alpha value is -1.26. The van der Waals surface area contributed by atoms with E-state index < -0.39 is 11.9 Å². The Morgan fingerprint density at radius 3 is 2.59 bits per heavy atom. The maximum absolute atomic E-state index is 11.4. The normalized spacial score (nSPS) is 13.9. The van der Waals surface area contributed by atoms with Crippen molar-refractivity contribution in [3.63, 3.8) is 0 Å². The fourth-order valence-corrected chi connectivity index (χ4v) is 1.86.